The second kappa shape index (κ2) is 4.74. The Balaban J connectivity index is 2.60. The lowest BCUT2D eigenvalue weighted by atomic mass is 10.2. The van der Waals surface area contributed by atoms with E-state index >= 15 is 0 Å². The molecule has 0 atom stereocenters. The lowest BCUT2D eigenvalue weighted by molar-refractivity contribution is 0.763. The van der Waals surface area contributed by atoms with Crippen molar-refractivity contribution in [1.82, 2.24) is 19.7 Å². The first kappa shape index (κ1) is 11.3. The molecule has 0 aromatic carbocycles. The third-order valence-electron chi connectivity index (χ3n) is 2.54. The van der Waals surface area contributed by atoms with Gasteiger partial charge in [0.2, 0.25) is 0 Å². The Bertz CT molecular complexity index is 565. The van der Waals surface area contributed by atoms with Gasteiger partial charge in [-0.05, 0) is 18.9 Å². The zero-order valence-electron chi connectivity index (χ0n) is 9.88. The van der Waals surface area contributed by atoms with Crippen LogP contribution in [0.4, 0.5) is 0 Å². The first-order chi connectivity index (χ1) is 8.30. The third-order valence-corrected chi connectivity index (χ3v) is 2.54. The molecule has 0 amide bonds. The van der Waals surface area contributed by atoms with Crippen molar-refractivity contribution >= 4 is 0 Å². The van der Waals surface area contributed by atoms with E-state index in [1.54, 1.807) is 10.9 Å². The van der Waals surface area contributed by atoms with Gasteiger partial charge in [-0.15, -0.1) is 0 Å². The smallest absolute Gasteiger partial charge is 0.190 e. The van der Waals surface area contributed by atoms with Crippen LogP contribution in [0.25, 0.3) is 5.82 Å². The molecule has 0 saturated heterocycles. The number of hydrogen-bond donors (Lipinski definition) is 0. The van der Waals surface area contributed by atoms with Crippen molar-refractivity contribution in [3.05, 3.63) is 35.5 Å². The number of nitrogens with zero attached hydrogens (tertiary/aromatic N) is 5. The molecule has 0 aliphatic heterocycles. The average Bonchev–Trinajstić information content (AvgIpc) is 2.81. The van der Waals surface area contributed by atoms with Crippen LogP contribution >= 0.6 is 0 Å². The summed E-state index contributed by atoms with van der Waals surface area (Å²) >= 11 is 0. The molecule has 0 fully saturated rings. The maximum atomic E-state index is 9.01. The van der Waals surface area contributed by atoms with Crippen LogP contribution in [-0.4, -0.2) is 19.7 Å². The van der Waals surface area contributed by atoms with Gasteiger partial charge in [0.05, 0.1) is 5.69 Å². The molecule has 0 spiro atoms. The van der Waals surface area contributed by atoms with Gasteiger partial charge < -0.3 is 0 Å². The highest BCUT2D eigenvalue weighted by Gasteiger charge is 2.12. The molecule has 0 aliphatic rings. The van der Waals surface area contributed by atoms with E-state index in [0.29, 0.717) is 11.5 Å². The van der Waals surface area contributed by atoms with Crippen molar-refractivity contribution in [2.24, 2.45) is 0 Å². The minimum atomic E-state index is 0.299. The van der Waals surface area contributed by atoms with Gasteiger partial charge in [0.15, 0.2) is 11.5 Å². The summed E-state index contributed by atoms with van der Waals surface area (Å²) in [5, 5.41) is 13.5. The van der Waals surface area contributed by atoms with Gasteiger partial charge in [-0.1, -0.05) is 13.8 Å². The molecular formula is C12H13N5. The zero-order valence-corrected chi connectivity index (χ0v) is 9.88. The van der Waals surface area contributed by atoms with Crippen LogP contribution in [0.2, 0.25) is 0 Å². The van der Waals surface area contributed by atoms with Crippen LogP contribution in [0.1, 0.15) is 30.9 Å². The number of nitriles is 1. The molecule has 0 unspecified atom stereocenters. The van der Waals surface area contributed by atoms with Crippen molar-refractivity contribution in [1.29, 1.82) is 5.26 Å². The lowest BCUT2D eigenvalue weighted by Crippen LogP contribution is -2.07. The molecule has 5 nitrogen and oxygen atoms in total. The Labute approximate surface area is 99.8 Å². The summed E-state index contributed by atoms with van der Waals surface area (Å²) in [4.78, 5) is 8.19. The molecule has 0 N–H and O–H groups in total. The Hall–Kier alpha value is -2.22. The van der Waals surface area contributed by atoms with E-state index in [4.69, 9.17) is 5.26 Å². The highest BCUT2D eigenvalue weighted by Crippen LogP contribution is 2.13. The second-order valence-corrected chi connectivity index (χ2v) is 3.59. The third kappa shape index (κ3) is 2.02. The van der Waals surface area contributed by atoms with Crippen LogP contribution < -0.4 is 0 Å². The number of hydrogen-bond acceptors (Lipinski definition) is 4. The maximum Gasteiger partial charge on any atom is 0.190 e. The molecule has 5 heteroatoms. The quantitative estimate of drug-likeness (QED) is 0.799. The highest BCUT2D eigenvalue weighted by molar-refractivity contribution is 5.38. The number of aromatic nitrogens is 4. The Morgan fingerprint density at radius 3 is 2.65 bits per heavy atom. The SMILES string of the molecule is CCc1cc(CC)n(-c2nccnc2C#N)n1. The van der Waals surface area contributed by atoms with Gasteiger partial charge in [-0.3, -0.25) is 0 Å². The van der Waals surface area contributed by atoms with Gasteiger partial charge in [-0.25, -0.2) is 14.6 Å². The van der Waals surface area contributed by atoms with Crippen molar-refractivity contribution in [3.8, 4) is 11.9 Å². The molecule has 17 heavy (non-hydrogen) atoms. The second-order valence-electron chi connectivity index (χ2n) is 3.59. The summed E-state index contributed by atoms with van der Waals surface area (Å²) in [5.41, 5.74) is 2.34. The van der Waals surface area contributed by atoms with Gasteiger partial charge in [0.1, 0.15) is 6.07 Å². The van der Waals surface area contributed by atoms with E-state index in [-0.39, 0.29) is 0 Å². The molecule has 0 bridgehead atoms. The van der Waals surface area contributed by atoms with Crippen LogP contribution in [0.3, 0.4) is 0 Å². The summed E-state index contributed by atoms with van der Waals surface area (Å²) in [5.74, 6) is 0.506. The summed E-state index contributed by atoms with van der Waals surface area (Å²) in [6.07, 6.45) is 4.79. The van der Waals surface area contributed by atoms with Crippen LogP contribution in [-0.2, 0) is 12.8 Å². The van der Waals surface area contributed by atoms with E-state index < -0.39 is 0 Å². The normalized spacial score (nSPS) is 10.2. The summed E-state index contributed by atoms with van der Waals surface area (Å²) in [6.45, 7) is 4.10. The van der Waals surface area contributed by atoms with Gasteiger partial charge in [0.25, 0.3) is 0 Å². The lowest BCUT2D eigenvalue weighted by Gasteiger charge is -2.04. The van der Waals surface area contributed by atoms with Crippen molar-refractivity contribution in [3.63, 3.8) is 0 Å². The van der Waals surface area contributed by atoms with E-state index in [1.807, 2.05) is 19.1 Å². The van der Waals surface area contributed by atoms with Crippen molar-refractivity contribution < 1.29 is 0 Å². The topological polar surface area (TPSA) is 67.4 Å². The Morgan fingerprint density at radius 2 is 2.00 bits per heavy atom. The predicted molar refractivity (Wildman–Crippen MR) is 62.6 cm³/mol. The zero-order chi connectivity index (χ0) is 12.3. The minimum absolute atomic E-state index is 0.299. The first-order valence-electron chi connectivity index (χ1n) is 5.59. The standard InChI is InChI=1S/C12H13N5/c1-3-9-7-10(4-2)17(16-9)12-11(8-13)14-5-6-15-12/h5-7H,3-4H2,1-2H3. The summed E-state index contributed by atoms with van der Waals surface area (Å²) in [6, 6.07) is 4.08. The van der Waals surface area contributed by atoms with E-state index in [2.05, 4.69) is 22.0 Å². The highest BCUT2D eigenvalue weighted by atomic mass is 15.3. The first-order valence-corrected chi connectivity index (χ1v) is 5.59. The fourth-order valence-corrected chi connectivity index (χ4v) is 1.65. The fraction of sp³-hybridized carbons (Fsp3) is 0.333. The fourth-order valence-electron chi connectivity index (χ4n) is 1.65. The summed E-state index contributed by atoms with van der Waals surface area (Å²) < 4.78 is 1.71. The molecule has 0 saturated carbocycles. The molecular weight excluding hydrogens is 214 g/mol. The molecule has 2 heterocycles. The van der Waals surface area contributed by atoms with Crippen LogP contribution in [0, 0.1) is 11.3 Å². The van der Waals surface area contributed by atoms with E-state index in [0.717, 1.165) is 24.2 Å². The average molecular weight is 227 g/mol. The summed E-state index contributed by atoms with van der Waals surface area (Å²) in [7, 11) is 0. The van der Waals surface area contributed by atoms with Crippen LogP contribution in [0.15, 0.2) is 18.5 Å². The molecule has 2 aromatic rings. The van der Waals surface area contributed by atoms with Crippen molar-refractivity contribution in [2.75, 3.05) is 0 Å². The molecule has 0 aliphatic carbocycles. The molecule has 2 aromatic heterocycles. The number of rotatable bonds is 3. The molecule has 86 valence electrons. The van der Waals surface area contributed by atoms with Gasteiger partial charge >= 0.3 is 0 Å². The van der Waals surface area contributed by atoms with Crippen molar-refractivity contribution in [2.45, 2.75) is 26.7 Å². The minimum Gasteiger partial charge on any atom is -0.240 e. The van der Waals surface area contributed by atoms with Gasteiger partial charge in [0, 0.05) is 18.1 Å². The van der Waals surface area contributed by atoms with Crippen LogP contribution in [0.5, 0.6) is 0 Å². The monoisotopic (exact) mass is 227 g/mol. The maximum absolute atomic E-state index is 9.01. The molecule has 2 rings (SSSR count). The largest absolute Gasteiger partial charge is 0.240 e. The van der Waals surface area contributed by atoms with E-state index in [9.17, 15) is 0 Å². The Kier molecular flexibility index (Phi) is 3.15. The number of aryl methyl sites for hydroxylation is 2. The van der Waals surface area contributed by atoms with Gasteiger partial charge in [-0.2, -0.15) is 10.4 Å². The Morgan fingerprint density at radius 1 is 1.24 bits per heavy atom. The predicted octanol–water partition coefficient (Wildman–Crippen LogP) is 1.66. The van der Waals surface area contributed by atoms with E-state index in [1.165, 1.54) is 6.20 Å². The molecule has 0 radical (unpaired) electrons.